The van der Waals surface area contributed by atoms with Gasteiger partial charge in [0.1, 0.15) is 0 Å². The van der Waals surface area contributed by atoms with Crippen LogP contribution in [-0.4, -0.2) is 23.7 Å². The summed E-state index contributed by atoms with van der Waals surface area (Å²) in [6.07, 6.45) is 2.68. The Balaban J connectivity index is 3.22. The van der Waals surface area contributed by atoms with Crippen LogP contribution in [0.5, 0.6) is 0 Å². The summed E-state index contributed by atoms with van der Waals surface area (Å²) in [6.45, 7) is 2.21. The van der Waals surface area contributed by atoms with Gasteiger partial charge in [-0.15, -0.1) is 0 Å². The highest BCUT2D eigenvalue weighted by Gasteiger charge is 2.02. The van der Waals surface area contributed by atoms with Crippen LogP contribution in [0, 0.1) is 0 Å². The van der Waals surface area contributed by atoms with Crippen LogP contribution in [0.1, 0.15) is 39.0 Å². The van der Waals surface area contributed by atoms with Gasteiger partial charge in [0.05, 0.1) is 6.61 Å². The van der Waals surface area contributed by atoms with Crippen molar-refractivity contribution in [1.82, 2.24) is 0 Å². The maximum absolute atomic E-state index is 10.9. The van der Waals surface area contributed by atoms with Crippen molar-refractivity contribution in [2.24, 2.45) is 0 Å². The fourth-order valence-electron chi connectivity index (χ4n) is 0.803. The van der Waals surface area contributed by atoms with Gasteiger partial charge in [-0.1, -0.05) is 13.3 Å². The van der Waals surface area contributed by atoms with Crippen LogP contribution in [0.25, 0.3) is 0 Å². The molecule has 0 spiro atoms. The third-order valence-electron chi connectivity index (χ3n) is 1.53. The summed E-state index contributed by atoms with van der Waals surface area (Å²) >= 11 is 0. The molecule has 0 aromatic heterocycles. The van der Waals surface area contributed by atoms with Gasteiger partial charge in [0.15, 0.2) is 0 Å². The first-order chi connectivity index (χ1) is 6.16. The Labute approximate surface area is 77.9 Å². The van der Waals surface area contributed by atoms with E-state index in [1.807, 2.05) is 6.92 Å². The van der Waals surface area contributed by atoms with Gasteiger partial charge in [0, 0.05) is 12.8 Å². The molecule has 1 N–H and O–H groups in total. The molecule has 0 heterocycles. The standard InChI is InChI=1S/C9H16O4/c1-2-3-6-9(12)13-7-4-5-8(10)11/h2-7H2,1H3,(H,10,11). The number of carboxylic acid groups (broad SMARTS) is 1. The van der Waals surface area contributed by atoms with E-state index in [1.165, 1.54) is 0 Å². The maximum Gasteiger partial charge on any atom is 0.305 e. The average Bonchev–Trinajstić information content (AvgIpc) is 2.08. The van der Waals surface area contributed by atoms with Crippen molar-refractivity contribution in [2.75, 3.05) is 6.61 Å². The van der Waals surface area contributed by atoms with E-state index in [1.54, 1.807) is 0 Å². The molecular weight excluding hydrogens is 172 g/mol. The Morgan fingerprint density at radius 2 is 1.92 bits per heavy atom. The monoisotopic (exact) mass is 188 g/mol. The lowest BCUT2D eigenvalue weighted by Crippen LogP contribution is -2.06. The third-order valence-corrected chi connectivity index (χ3v) is 1.53. The summed E-state index contributed by atoms with van der Waals surface area (Å²) in [5.41, 5.74) is 0. The van der Waals surface area contributed by atoms with E-state index in [9.17, 15) is 9.59 Å². The number of rotatable bonds is 7. The van der Waals surface area contributed by atoms with Crippen LogP contribution in [-0.2, 0) is 14.3 Å². The molecule has 0 rings (SSSR count). The van der Waals surface area contributed by atoms with Gasteiger partial charge in [-0.25, -0.2) is 0 Å². The Morgan fingerprint density at radius 1 is 1.23 bits per heavy atom. The van der Waals surface area contributed by atoms with Crippen molar-refractivity contribution in [3.8, 4) is 0 Å². The van der Waals surface area contributed by atoms with Gasteiger partial charge in [-0.05, 0) is 12.8 Å². The van der Waals surface area contributed by atoms with E-state index in [2.05, 4.69) is 0 Å². The van der Waals surface area contributed by atoms with Crippen LogP contribution < -0.4 is 0 Å². The number of carboxylic acids is 1. The van der Waals surface area contributed by atoms with Crippen LogP contribution in [0.15, 0.2) is 0 Å². The highest BCUT2D eigenvalue weighted by Crippen LogP contribution is 1.98. The normalized spacial score (nSPS) is 9.62. The van der Waals surface area contributed by atoms with E-state index in [0.717, 1.165) is 12.8 Å². The van der Waals surface area contributed by atoms with Gasteiger partial charge in [-0.3, -0.25) is 9.59 Å². The van der Waals surface area contributed by atoms with E-state index in [-0.39, 0.29) is 19.0 Å². The Bertz CT molecular complexity index is 165. The third kappa shape index (κ3) is 8.85. The molecule has 0 aliphatic rings. The van der Waals surface area contributed by atoms with Crippen LogP contribution >= 0.6 is 0 Å². The van der Waals surface area contributed by atoms with E-state index in [4.69, 9.17) is 9.84 Å². The minimum atomic E-state index is -0.857. The number of hydrogen-bond donors (Lipinski definition) is 1. The molecule has 0 aliphatic heterocycles. The first kappa shape index (κ1) is 11.9. The van der Waals surface area contributed by atoms with Gasteiger partial charge < -0.3 is 9.84 Å². The zero-order chi connectivity index (χ0) is 10.1. The summed E-state index contributed by atoms with van der Waals surface area (Å²) < 4.78 is 4.79. The van der Waals surface area contributed by atoms with Crippen LogP contribution in [0.4, 0.5) is 0 Å². The largest absolute Gasteiger partial charge is 0.481 e. The molecule has 0 aromatic rings. The molecule has 0 amide bonds. The van der Waals surface area contributed by atoms with Crippen molar-refractivity contribution in [1.29, 1.82) is 0 Å². The second kappa shape index (κ2) is 7.58. The number of carbonyl (C=O) groups excluding carboxylic acids is 1. The van der Waals surface area contributed by atoms with Crippen molar-refractivity contribution in [2.45, 2.75) is 39.0 Å². The fourth-order valence-corrected chi connectivity index (χ4v) is 0.803. The molecule has 4 heteroatoms. The smallest absolute Gasteiger partial charge is 0.305 e. The number of carbonyl (C=O) groups is 2. The molecule has 0 radical (unpaired) electrons. The first-order valence-electron chi connectivity index (χ1n) is 4.54. The molecule has 0 aromatic carbocycles. The lowest BCUT2D eigenvalue weighted by Gasteiger charge is -2.02. The quantitative estimate of drug-likeness (QED) is 0.486. The second-order valence-electron chi connectivity index (χ2n) is 2.82. The molecule has 0 saturated heterocycles. The van der Waals surface area contributed by atoms with Crippen LogP contribution in [0.3, 0.4) is 0 Å². The zero-order valence-electron chi connectivity index (χ0n) is 7.91. The summed E-state index contributed by atoms with van der Waals surface area (Å²) in [5.74, 6) is -1.09. The Morgan fingerprint density at radius 3 is 2.46 bits per heavy atom. The van der Waals surface area contributed by atoms with Gasteiger partial charge in [0.25, 0.3) is 0 Å². The minimum Gasteiger partial charge on any atom is -0.481 e. The zero-order valence-corrected chi connectivity index (χ0v) is 7.91. The predicted molar refractivity (Wildman–Crippen MR) is 47.4 cm³/mol. The van der Waals surface area contributed by atoms with Gasteiger partial charge in [-0.2, -0.15) is 0 Å². The number of esters is 1. The van der Waals surface area contributed by atoms with Crippen molar-refractivity contribution >= 4 is 11.9 Å². The predicted octanol–water partition coefficient (Wildman–Crippen LogP) is 1.58. The first-order valence-corrected chi connectivity index (χ1v) is 4.54. The number of ether oxygens (including phenoxy) is 1. The molecule has 0 aliphatic carbocycles. The summed E-state index contributed by atoms with van der Waals surface area (Å²) in [6, 6.07) is 0. The molecule has 0 bridgehead atoms. The van der Waals surface area contributed by atoms with E-state index >= 15 is 0 Å². The fraction of sp³-hybridized carbons (Fsp3) is 0.778. The average molecular weight is 188 g/mol. The topological polar surface area (TPSA) is 63.6 Å². The highest BCUT2D eigenvalue weighted by atomic mass is 16.5. The van der Waals surface area contributed by atoms with E-state index < -0.39 is 5.97 Å². The number of aliphatic carboxylic acids is 1. The van der Waals surface area contributed by atoms with Gasteiger partial charge >= 0.3 is 11.9 Å². The lowest BCUT2D eigenvalue weighted by atomic mass is 10.2. The summed E-state index contributed by atoms with van der Waals surface area (Å²) in [7, 11) is 0. The number of unbranched alkanes of at least 4 members (excludes halogenated alkanes) is 1. The summed E-state index contributed by atoms with van der Waals surface area (Å²) in [5, 5.41) is 8.28. The lowest BCUT2D eigenvalue weighted by molar-refractivity contribution is -0.145. The van der Waals surface area contributed by atoms with Crippen molar-refractivity contribution in [3.05, 3.63) is 0 Å². The molecule has 0 saturated carbocycles. The molecular formula is C9H16O4. The maximum atomic E-state index is 10.9. The Hall–Kier alpha value is -1.06. The number of hydrogen-bond acceptors (Lipinski definition) is 3. The highest BCUT2D eigenvalue weighted by molar-refractivity contribution is 5.69. The van der Waals surface area contributed by atoms with Gasteiger partial charge in [0.2, 0.25) is 0 Å². The molecule has 0 unspecified atom stereocenters. The molecule has 4 nitrogen and oxygen atoms in total. The summed E-state index contributed by atoms with van der Waals surface area (Å²) in [4.78, 5) is 21.0. The Kier molecular flexibility index (Phi) is 6.96. The van der Waals surface area contributed by atoms with Crippen LogP contribution in [0.2, 0.25) is 0 Å². The van der Waals surface area contributed by atoms with E-state index in [0.29, 0.717) is 12.8 Å². The SMILES string of the molecule is CCCCC(=O)OCCCC(=O)O. The minimum absolute atomic E-state index is 0.0566. The van der Waals surface area contributed by atoms with Crippen molar-refractivity contribution < 1.29 is 19.4 Å². The molecule has 13 heavy (non-hydrogen) atoms. The molecule has 0 atom stereocenters. The van der Waals surface area contributed by atoms with Crippen molar-refractivity contribution in [3.63, 3.8) is 0 Å². The molecule has 76 valence electrons. The second-order valence-corrected chi connectivity index (χ2v) is 2.82. The molecule has 0 fully saturated rings.